The molecule has 0 unspecified atom stereocenters. The predicted octanol–water partition coefficient (Wildman–Crippen LogP) is 2.28. The van der Waals surface area contributed by atoms with Gasteiger partial charge in [-0.15, -0.1) is 0 Å². The molecule has 1 aliphatic carbocycles. The highest BCUT2D eigenvalue weighted by atomic mass is 19.2. The number of halogens is 2. The van der Waals surface area contributed by atoms with Gasteiger partial charge < -0.3 is 10.2 Å². The molecule has 2 aliphatic rings. The normalized spacial score (nSPS) is 32.1. The van der Waals surface area contributed by atoms with Crippen LogP contribution in [0.2, 0.25) is 0 Å². The van der Waals surface area contributed by atoms with E-state index in [4.69, 9.17) is 0 Å². The minimum Gasteiger partial charge on any atom is -0.339 e. The number of hydrogen-bond donors (Lipinski definition) is 1. The average molecular weight is 294 g/mol. The molecule has 5 heteroatoms. The van der Waals surface area contributed by atoms with Crippen LogP contribution in [0.5, 0.6) is 0 Å². The maximum atomic E-state index is 13.8. The fourth-order valence-corrected chi connectivity index (χ4v) is 3.36. The van der Waals surface area contributed by atoms with Gasteiger partial charge in [-0.25, -0.2) is 8.78 Å². The minimum atomic E-state index is -0.838. The van der Waals surface area contributed by atoms with Crippen LogP contribution in [0.25, 0.3) is 0 Å². The number of benzene rings is 1. The first kappa shape index (κ1) is 14.4. The molecular weight excluding hydrogens is 274 g/mol. The average Bonchev–Trinajstić information content (AvgIpc) is 3.20. The standard InChI is InChI=1S/C16H20F2N2O/c1-9-7-20(8-10(2)19-9)16(21)13-6-12(13)11-4-3-5-14(17)15(11)18/h3-5,9-10,12-13,19H,6-8H2,1-2H3/t9-,10+,12-,13+/m0/s1. The van der Waals surface area contributed by atoms with Crippen molar-refractivity contribution in [2.24, 2.45) is 5.92 Å². The Morgan fingerprint density at radius 3 is 2.57 bits per heavy atom. The first-order valence-electron chi connectivity index (χ1n) is 7.46. The van der Waals surface area contributed by atoms with Crippen LogP contribution in [0.4, 0.5) is 8.78 Å². The summed E-state index contributed by atoms with van der Waals surface area (Å²) < 4.78 is 27.1. The molecule has 1 saturated heterocycles. The van der Waals surface area contributed by atoms with Crippen LogP contribution < -0.4 is 5.32 Å². The van der Waals surface area contributed by atoms with Crippen molar-refractivity contribution in [3.63, 3.8) is 0 Å². The fourth-order valence-electron chi connectivity index (χ4n) is 3.36. The summed E-state index contributed by atoms with van der Waals surface area (Å²) >= 11 is 0. The zero-order valence-electron chi connectivity index (χ0n) is 12.3. The van der Waals surface area contributed by atoms with E-state index in [2.05, 4.69) is 5.32 Å². The highest BCUT2D eigenvalue weighted by molar-refractivity contribution is 5.83. The van der Waals surface area contributed by atoms with E-state index >= 15 is 0 Å². The maximum absolute atomic E-state index is 13.8. The van der Waals surface area contributed by atoms with Gasteiger partial charge in [-0.05, 0) is 37.8 Å². The van der Waals surface area contributed by atoms with Gasteiger partial charge in [-0.2, -0.15) is 0 Å². The van der Waals surface area contributed by atoms with Crippen molar-refractivity contribution in [3.05, 3.63) is 35.4 Å². The Labute approximate surface area is 123 Å². The molecule has 0 radical (unpaired) electrons. The summed E-state index contributed by atoms with van der Waals surface area (Å²) in [4.78, 5) is 14.4. The Kier molecular flexibility index (Phi) is 3.69. The lowest BCUT2D eigenvalue weighted by atomic mass is 10.1. The Morgan fingerprint density at radius 2 is 1.90 bits per heavy atom. The first-order valence-corrected chi connectivity index (χ1v) is 7.46. The number of carbonyl (C=O) groups excluding carboxylic acids is 1. The number of amides is 1. The second-order valence-electron chi connectivity index (χ2n) is 6.30. The van der Waals surface area contributed by atoms with E-state index in [0.29, 0.717) is 25.1 Å². The summed E-state index contributed by atoms with van der Waals surface area (Å²) in [5.74, 6) is -1.94. The van der Waals surface area contributed by atoms with E-state index in [1.54, 1.807) is 6.07 Å². The van der Waals surface area contributed by atoms with Gasteiger partial charge in [0, 0.05) is 31.1 Å². The molecule has 0 spiro atoms. The quantitative estimate of drug-likeness (QED) is 0.907. The molecule has 2 fully saturated rings. The molecule has 21 heavy (non-hydrogen) atoms. The molecular formula is C16H20F2N2O. The number of rotatable bonds is 2. The SMILES string of the molecule is C[C@@H]1CN(C(=O)[C@@H]2C[C@H]2c2cccc(F)c2F)C[C@H](C)N1. The van der Waals surface area contributed by atoms with Gasteiger partial charge in [-0.3, -0.25) is 4.79 Å². The summed E-state index contributed by atoms with van der Waals surface area (Å²) in [7, 11) is 0. The lowest BCUT2D eigenvalue weighted by Crippen LogP contribution is -2.56. The lowest BCUT2D eigenvalue weighted by Gasteiger charge is -2.36. The third kappa shape index (κ3) is 2.79. The van der Waals surface area contributed by atoms with Crippen LogP contribution in [0, 0.1) is 17.6 Å². The summed E-state index contributed by atoms with van der Waals surface area (Å²) in [6.45, 7) is 5.45. The zero-order valence-corrected chi connectivity index (χ0v) is 12.3. The maximum Gasteiger partial charge on any atom is 0.226 e. The van der Waals surface area contributed by atoms with Crippen LogP contribution in [0.1, 0.15) is 31.7 Å². The van der Waals surface area contributed by atoms with Crippen molar-refractivity contribution < 1.29 is 13.6 Å². The zero-order chi connectivity index (χ0) is 15.1. The van der Waals surface area contributed by atoms with Gasteiger partial charge in [0.1, 0.15) is 0 Å². The highest BCUT2D eigenvalue weighted by Gasteiger charge is 2.47. The predicted molar refractivity (Wildman–Crippen MR) is 75.8 cm³/mol. The van der Waals surface area contributed by atoms with Crippen molar-refractivity contribution in [3.8, 4) is 0 Å². The molecule has 1 aliphatic heterocycles. The largest absolute Gasteiger partial charge is 0.339 e. The van der Waals surface area contributed by atoms with E-state index in [1.807, 2.05) is 18.7 Å². The summed E-state index contributed by atoms with van der Waals surface area (Å²) in [5.41, 5.74) is 0.338. The van der Waals surface area contributed by atoms with Gasteiger partial charge >= 0.3 is 0 Å². The van der Waals surface area contributed by atoms with Crippen LogP contribution >= 0.6 is 0 Å². The number of nitrogens with zero attached hydrogens (tertiary/aromatic N) is 1. The minimum absolute atomic E-state index is 0.0730. The number of piperazine rings is 1. The van der Waals surface area contributed by atoms with Crippen molar-refractivity contribution in [1.82, 2.24) is 10.2 Å². The van der Waals surface area contributed by atoms with E-state index in [9.17, 15) is 13.6 Å². The molecule has 0 aromatic heterocycles. The van der Waals surface area contributed by atoms with Crippen molar-refractivity contribution in [2.75, 3.05) is 13.1 Å². The Bertz CT molecular complexity index is 553. The lowest BCUT2D eigenvalue weighted by molar-refractivity contribution is -0.134. The molecule has 1 saturated carbocycles. The van der Waals surface area contributed by atoms with E-state index < -0.39 is 11.6 Å². The molecule has 1 aromatic carbocycles. The van der Waals surface area contributed by atoms with Gasteiger partial charge in [0.25, 0.3) is 0 Å². The molecule has 4 atom stereocenters. The van der Waals surface area contributed by atoms with Crippen molar-refractivity contribution in [2.45, 2.75) is 38.3 Å². The summed E-state index contributed by atoms with van der Waals surface area (Å²) in [6, 6.07) is 4.72. The molecule has 3 rings (SSSR count). The molecule has 0 bridgehead atoms. The second-order valence-corrected chi connectivity index (χ2v) is 6.30. The fraction of sp³-hybridized carbons (Fsp3) is 0.562. The van der Waals surface area contributed by atoms with Gasteiger partial charge in [0.15, 0.2) is 11.6 Å². The Balaban J connectivity index is 1.70. The van der Waals surface area contributed by atoms with E-state index in [1.165, 1.54) is 6.07 Å². The van der Waals surface area contributed by atoms with Crippen LogP contribution in [0.15, 0.2) is 18.2 Å². The number of hydrogen-bond acceptors (Lipinski definition) is 2. The summed E-state index contributed by atoms with van der Waals surface area (Å²) in [6.07, 6.45) is 0.617. The molecule has 3 nitrogen and oxygen atoms in total. The highest BCUT2D eigenvalue weighted by Crippen LogP contribution is 2.49. The van der Waals surface area contributed by atoms with Crippen LogP contribution in [-0.2, 0) is 4.79 Å². The van der Waals surface area contributed by atoms with Crippen LogP contribution in [0.3, 0.4) is 0 Å². The third-order valence-electron chi connectivity index (χ3n) is 4.36. The number of carbonyl (C=O) groups is 1. The Hall–Kier alpha value is -1.49. The van der Waals surface area contributed by atoms with Crippen molar-refractivity contribution >= 4 is 5.91 Å². The van der Waals surface area contributed by atoms with Gasteiger partial charge in [0.2, 0.25) is 5.91 Å². The molecule has 1 heterocycles. The monoisotopic (exact) mass is 294 g/mol. The molecule has 1 aromatic rings. The smallest absolute Gasteiger partial charge is 0.226 e. The van der Waals surface area contributed by atoms with Gasteiger partial charge in [0.05, 0.1) is 0 Å². The second kappa shape index (κ2) is 5.37. The summed E-state index contributed by atoms with van der Waals surface area (Å²) in [5, 5.41) is 3.38. The molecule has 114 valence electrons. The first-order chi connectivity index (χ1) is 9.97. The van der Waals surface area contributed by atoms with Crippen molar-refractivity contribution in [1.29, 1.82) is 0 Å². The number of nitrogens with one attached hydrogen (secondary N) is 1. The molecule has 1 amide bonds. The van der Waals surface area contributed by atoms with E-state index in [-0.39, 0.29) is 29.8 Å². The molecule has 1 N–H and O–H groups in total. The van der Waals surface area contributed by atoms with Gasteiger partial charge in [-0.1, -0.05) is 12.1 Å². The van der Waals surface area contributed by atoms with Crippen LogP contribution in [-0.4, -0.2) is 36.0 Å². The third-order valence-corrected chi connectivity index (χ3v) is 4.36. The topological polar surface area (TPSA) is 32.3 Å². The van der Waals surface area contributed by atoms with E-state index in [0.717, 1.165) is 6.07 Å². The Morgan fingerprint density at radius 1 is 1.24 bits per heavy atom.